The van der Waals surface area contributed by atoms with E-state index in [-0.39, 0.29) is 22.9 Å². The molecule has 0 spiro atoms. The van der Waals surface area contributed by atoms with Crippen LogP contribution in [0, 0.1) is 0 Å². The van der Waals surface area contributed by atoms with E-state index in [1.165, 1.54) is 15.9 Å². The normalized spacial score (nSPS) is 16.0. The standard InChI is InChI=1S/C23H18BrClN2O4S/c1-3-31-22(30)18-12(2)26-23-27(19(18)13-7-5-4-6-8-13)21(29)17(32-23)10-14-9-15(24)11-16(25)20(14)28/h4-11,19,28H,3H2,1-2H3/b17-10-/t19-/m1/s1. The molecule has 9 heteroatoms. The number of hydrogen-bond donors (Lipinski definition) is 1. The number of allylic oxidation sites excluding steroid dienone is 1. The van der Waals surface area contributed by atoms with Gasteiger partial charge in [-0.15, -0.1) is 0 Å². The highest BCUT2D eigenvalue weighted by Gasteiger charge is 2.33. The van der Waals surface area contributed by atoms with Crippen LogP contribution in [-0.2, 0) is 9.53 Å². The van der Waals surface area contributed by atoms with Gasteiger partial charge in [0.05, 0.1) is 33.5 Å². The summed E-state index contributed by atoms with van der Waals surface area (Å²) in [5.41, 5.74) is 1.66. The van der Waals surface area contributed by atoms with Crippen molar-refractivity contribution in [2.24, 2.45) is 4.99 Å². The maximum Gasteiger partial charge on any atom is 0.338 e. The van der Waals surface area contributed by atoms with Gasteiger partial charge in [0.15, 0.2) is 4.80 Å². The SMILES string of the molecule is CCOC(=O)C1=C(C)N=c2s/c(=C\c3cc(Br)cc(Cl)c3O)c(=O)n2[C@@H]1c1ccccc1. The zero-order valence-corrected chi connectivity index (χ0v) is 20.3. The van der Waals surface area contributed by atoms with Gasteiger partial charge in [-0.1, -0.05) is 69.2 Å². The van der Waals surface area contributed by atoms with E-state index in [0.717, 1.165) is 5.56 Å². The third-order valence-electron chi connectivity index (χ3n) is 4.98. The van der Waals surface area contributed by atoms with Crippen LogP contribution in [0.5, 0.6) is 5.75 Å². The smallest absolute Gasteiger partial charge is 0.338 e. The van der Waals surface area contributed by atoms with E-state index in [0.29, 0.717) is 30.6 Å². The summed E-state index contributed by atoms with van der Waals surface area (Å²) in [6.45, 7) is 3.68. The highest BCUT2D eigenvalue weighted by molar-refractivity contribution is 9.10. The van der Waals surface area contributed by atoms with E-state index in [2.05, 4.69) is 20.9 Å². The molecule has 4 rings (SSSR count). The molecular weight excluding hydrogens is 516 g/mol. The topological polar surface area (TPSA) is 80.9 Å². The van der Waals surface area contributed by atoms with Gasteiger partial charge in [-0.25, -0.2) is 9.79 Å². The fourth-order valence-corrected chi connectivity index (χ4v) is 5.45. The molecule has 164 valence electrons. The molecule has 1 N–H and O–H groups in total. The highest BCUT2D eigenvalue weighted by Crippen LogP contribution is 2.32. The second-order valence-corrected chi connectivity index (χ2v) is 9.37. The second-order valence-electron chi connectivity index (χ2n) is 7.04. The van der Waals surface area contributed by atoms with Crippen LogP contribution in [0.1, 0.15) is 31.0 Å². The van der Waals surface area contributed by atoms with Gasteiger partial charge in [-0.05, 0) is 37.6 Å². The number of ether oxygens (including phenoxy) is 1. The molecule has 0 aliphatic carbocycles. The number of halogens is 2. The molecule has 0 fully saturated rings. The Labute approximate surface area is 200 Å². The minimum Gasteiger partial charge on any atom is -0.506 e. The average molecular weight is 534 g/mol. The van der Waals surface area contributed by atoms with Crippen molar-refractivity contribution in [3.05, 3.63) is 94.0 Å². The van der Waals surface area contributed by atoms with Crippen molar-refractivity contribution in [1.82, 2.24) is 4.57 Å². The van der Waals surface area contributed by atoms with Crippen molar-refractivity contribution in [2.75, 3.05) is 6.61 Å². The molecule has 1 atom stereocenters. The molecule has 3 aromatic rings. The molecule has 1 aliphatic heterocycles. The minimum atomic E-state index is -0.673. The Morgan fingerprint density at radius 1 is 1.34 bits per heavy atom. The van der Waals surface area contributed by atoms with E-state index in [9.17, 15) is 14.7 Å². The number of phenolic OH excluding ortho intramolecular Hbond substituents is 1. The molecule has 1 aliphatic rings. The summed E-state index contributed by atoms with van der Waals surface area (Å²) >= 11 is 10.6. The van der Waals surface area contributed by atoms with Crippen LogP contribution in [0.4, 0.5) is 0 Å². The molecule has 6 nitrogen and oxygen atoms in total. The molecule has 0 amide bonds. The summed E-state index contributed by atoms with van der Waals surface area (Å²) in [5.74, 6) is -0.628. The van der Waals surface area contributed by atoms with Gasteiger partial charge in [0, 0.05) is 10.0 Å². The monoisotopic (exact) mass is 532 g/mol. The fourth-order valence-electron chi connectivity index (χ4n) is 3.58. The summed E-state index contributed by atoms with van der Waals surface area (Å²) in [7, 11) is 0. The molecule has 2 aromatic carbocycles. The van der Waals surface area contributed by atoms with Crippen LogP contribution in [0.25, 0.3) is 6.08 Å². The maximum atomic E-state index is 13.5. The van der Waals surface area contributed by atoms with Gasteiger partial charge >= 0.3 is 5.97 Å². The Morgan fingerprint density at radius 3 is 2.75 bits per heavy atom. The number of esters is 1. The zero-order chi connectivity index (χ0) is 23.0. The van der Waals surface area contributed by atoms with Crippen LogP contribution in [0.2, 0.25) is 5.02 Å². The van der Waals surface area contributed by atoms with E-state index in [1.807, 2.05) is 30.3 Å². The lowest BCUT2D eigenvalue weighted by molar-refractivity contribution is -0.139. The second kappa shape index (κ2) is 9.05. The lowest BCUT2D eigenvalue weighted by Gasteiger charge is -2.24. The number of hydrogen-bond acceptors (Lipinski definition) is 6. The number of thiazole rings is 1. The average Bonchev–Trinajstić information content (AvgIpc) is 3.06. The van der Waals surface area contributed by atoms with E-state index in [4.69, 9.17) is 16.3 Å². The molecule has 2 heterocycles. The number of aromatic hydroxyl groups is 1. The first kappa shape index (κ1) is 22.5. The number of aromatic nitrogens is 1. The largest absolute Gasteiger partial charge is 0.506 e. The Balaban J connectivity index is 1.98. The van der Waals surface area contributed by atoms with Crippen molar-refractivity contribution < 1.29 is 14.6 Å². The number of carbonyl (C=O) groups excluding carboxylic acids is 1. The van der Waals surface area contributed by atoms with Gasteiger partial charge in [0.2, 0.25) is 0 Å². The van der Waals surface area contributed by atoms with E-state index >= 15 is 0 Å². The Bertz CT molecular complexity index is 1430. The van der Waals surface area contributed by atoms with Crippen LogP contribution in [0.3, 0.4) is 0 Å². The number of carbonyl (C=O) groups is 1. The summed E-state index contributed by atoms with van der Waals surface area (Å²) in [5, 5.41) is 10.5. The molecule has 0 saturated heterocycles. The quantitative estimate of drug-likeness (QED) is 0.516. The highest BCUT2D eigenvalue weighted by atomic mass is 79.9. The van der Waals surface area contributed by atoms with Crippen molar-refractivity contribution in [2.45, 2.75) is 19.9 Å². The number of fused-ring (bicyclic) bond motifs is 1. The summed E-state index contributed by atoms with van der Waals surface area (Å²) in [6, 6.07) is 11.9. The third-order valence-corrected chi connectivity index (χ3v) is 6.71. The van der Waals surface area contributed by atoms with Gasteiger partial charge in [-0.2, -0.15) is 0 Å². The molecule has 0 saturated carbocycles. The van der Waals surface area contributed by atoms with Gasteiger partial charge < -0.3 is 9.84 Å². The predicted octanol–water partition coefficient (Wildman–Crippen LogP) is 3.92. The first-order chi connectivity index (χ1) is 15.3. The fraction of sp³-hybridized carbons (Fsp3) is 0.174. The Kier molecular flexibility index (Phi) is 6.37. The predicted molar refractivity (Wildman–Crippen MR) is 128 cm³/mol. The summed E-state index contributed by atoms with van der Waals surface area (Å²) < 4.78 is 7.80. The number of benzene rings is 2. The Morgan fingerprint density at radius 2 is 2.06 bits per heavy atom. The molecular formula is C23H18BrClN2O4S. The first-order valence-corrected chi connectivity index (χ1v) is 11.7. The van der Waals surface area contributed by atoms with Gasteiger partial charge in [0.1, 0.15) is 5.75 Å². The van der Waals surface area contributed by atoms with Crippen molar-refractivity contribution in [3.63, 3.8) is 0 Å². The van der Waals surface area contributed by atoms with Crippen LogP contribution in [-0.4, -0.2) is 22.2 Å². The lowest BCUT2D eigenvalue weighted by Crippen LogP contribution is -2.39. The minimum absolute atomic E-state index is 0.122. The van der Waals surface area contributed by atoms with Crippen molar-refractivity contribution in [3.8, 4) is 5.75 Å². The molecule has 0 bridgehead atoms. The van der Waals surface area contributed by atoms with E-state index < -0.39 is 12.0 Å². The van der Waals surface area contributed by atoms with Crippen molar-refractivity contribution >= 4 is 50.9 Å². The number of rotatable bonds is 4. The maximum absolute atomic E-state index is 13.5. The van der Waals surface area contributed by atoms with Gasteiger partial charge in [-0.3, -0.25) is 9.36 Å². The van der Waals surface area contributed by atoms with Crippen LogP contribution < -0.4 is 14.9 Å². The van der Waals surface area contributed by atoms with Crippen LogP contribution in [0.15, 0.2) is 68.0 Å². The molecule has 0 unspecified atom stereocenters. The van der Waals surface area contributed by atoms with Gasteiger partial charge in [0.25, 0.3) is 5.56 Å². The Hall–Kier alpha value is -2.68. The number of nitrogens with zero attached hydrogens (tertiary/aromatic N) is 2. The number of phenols is 1. The lowest BCUT2D eigenvalue weighted by atomic mass is 9.96. The molecule has 0 radical (unpaired) electrons. The molecule has 1 aromatic heterocycles. The third kappa shape index (κ3) is 4.05. The zero-order valence-electron chi connectivity index (χ0n) is 17.1. The molecule has 32 heavy (non-hydrogen) atoms. The van der Waals surface area contributed by atoms with Crippen molar-refractivity contribution in [1.29, 1.82) is 0 Å². The van der Waals surface area contributed by atoms with Crippen LogP contribution >= 0.6 is 38.9 Å². The summed E-state index contributed by atoms with van der Waals surface area (Å²) in [6.07, 6.45) is 1.57. The van der Waals surface area contributed by atoms with E-state index in [1.54, 1.807) is 32.1 Å². The summed E-state index contributed by atoms with van der Waals surface area (Å²) in [4.78, 5) is 31.3. The first-order valence-electron chi connectivity index (χ1n) is 9.74.